The highest BCUT2D eigenvalue weighted by Gasteiger charge is 2.44. The van der Waals surface area contributed by atoms with E-state index in [2.05, 4.69) is 6.92 Å². The third-order valence-electron chi connectivity index (χ3n) is 5.19. The van der Waals surface area contributed by atoms with Crippen LogP contribution in [0.4, 0.5) is 11.4 Å². The van der Waals surface area contributed by atoms with Gasteiger partial charge in [-0.25, -0.2) is 13.6 Å². The summed E-state index contributed by atoms with van der Waals surface area (Å²) in [5.41, 5.74) is 0.168. The smallest absolute Gasteiger partial charge is 0.312 e. The van der Waals surface area contributed by atoms with Crippen LogP contribution in [0.1, 0.15) is 32.6 Å². The van der Waals surface area contributed by atoms with E-state index >= 15 is 0 Å². The molecule has 1 aromatic carbocycles. The van der Waals surface area contributed by atoms with Crippen LogP contribution in [0.3, 0.4) is 0 Å². The van der Waals surface area contributed by atoms with Gasteiger partial charge in [-0.05, 0) is 42.7 Å². The minimum absolute atomic E-state index is 0.213. The number of para-hydroxylation sites is 1. The summed E-state index contributed by atoms with van der Waals surface area (Å²) in [6.07, 6.45) is 4.45. The number of benzene rings is 1. The van der Waals surface area contributed by atoms with Gasteiger partial charge in [0.05, 0.1) is 4.92 Å². The first-order valence-corrected chi connectivity index (χ1v) is 9.32. The van der Waals surface area contributed by atoms with Crippen LogP contribution in [-0.4, -0.2) is 26.4 Å². The number of sulfonamides is 1. The summed E-state index contributed by atoms with van der Waals surface area (Å²) in [5, 5.41) is 16.6. The highest BCUT2D eigenvalue weighted by molar-refractivity contribution is 7.89. The van der Waals surface area contributed by atoms with E-state index in [-0.39, 0.29) is 5.41 Å². The van der Waals surface area contributed by atoms with Crippen LogP contribution in [-0.2, 0) is 10.0 Å². The Morgan fingerprint density at radius 2 is 2.13 bits per heavy atom. The number of nitrogens with two attached hydrogens (primary N) is 1. The van der Waals surface area contributed by atoms with Crippen molar-refractivity contribution in [1.82, 2.24) is 0 Å². The van der Waals surface area contributed by atoms with Crippen LogP contribution in [0, 0.1) is 21.4 Å². The molecule has 1 aromatic rings. The van der Waals surface area contributed by atoms with Crippen LogP contribution < -0.4 is 10.0 Å². The summed E-state index contributed by atoms with van der Waals surface area (Å²) in [7, 11) is -4.14. The molecule has 23 heavy (non-hydrogen) atoms. The summed E-state index contributed by atoms with van der Waals surface area (Å²) in [5.74, 6) is 0.681. The van der Waals surface area contributed by atoms with Gasteiger partial charge in [0.25, 0.3) is 0 Å². The molecule has 0 aromatic heterocycles. The third-order valence-corrected chi connectivity index (χ3v) is 6.14. The average Bonchev–Trinajstić information content (AvgIpc) is 3.04. The largest absolute Gasteiger partial charge is 0.365 e. The SMILES string of the molecule is CC1CCC2(CCN(c3cccc(S(N)(=O)=O)c3[N+](=O)[O-])C2)C1. The Balaban J connectivity index is 2.00. The van der Waals surface area contributed by atoms with Gasteiger partial charge in [0.2, 0.25) is 10.0 Å². The molecular formula is C15H21N3O4S. The summed E-state index contributed by atoms with van der Waals surface area (Å²) in [6, 6.07) is 4.33. The molecule has 0 amide bonds. The number of hydrogen-bond acceptors (Lipinski definition) is 5. The summed E-state index contributed by atoms with van der Waals surface area (Å²) in [6.45, 7) is 3.69. The molecule has 1 saturated heterocycles. The van der Waals surface area contributed by atoms with Gasteiger partial charge < -0.3 is 4.90 Å². The van der Waals surface area contributed by atoms with Gasteiger partial charge in [0, 0.05) is 13.1 Å². The van der Waals surface area contributed by atoms with Gasteiger partial charge in [-0.15, -0.1) is 0 Å². The molecule has 8 heteroatoms. The molecule has 1 spiro atoms. The van der Waals surface area contributed by atoms with Crippen LogP contribution in [0.15, 0.2) is 23.1 Å². The number of hydrogen-bond donors (Lipinski definition) is 1. The lowest BCUT2D eigenvalue weighted by molar-refractivity contribution is -0.387. The lowest BCUT2D eigenvalue weighted by atomic mass is 9.85. The van der Waals surface area contributed by atoms with E-state index in [9.17, 15) is 18.5 Å². The quantitative estimate of drug-likeness (QED) is 0.671. The van der Waals surface area contributed by atoms with E-state index < -0.39 is 25.5 Å². The molecule has 1 aliphatic heterocycles. The van der Waals surface area contributed by atoms with Crippen molar-refractivity contribution in [1.29, 1.82) is 0 Å². The van der Waals surface area contributed by atoms with E-state index in [4.69, 9.17) is 5.14 Å². The highest BCUT2D eigenvalue weighted by atomic mass is 32.2. The fourth-order valence-corrected chi connectivity index (χ4v) is 4.90. The second-order valence-corrected chi connectivity index (χ2v) is 8.48. The maximum atomic E-state index is 11.7. The second-order valence-electron chi connectivity index (χ2n) is 6.95. The molecule has 0 bridgehead atoms. The standard InChI is InChI=1S/C15H21N3O4S/c1-11-5-6-15(9-11)7-8-17(10-15)12-3-2-4-13(23(16,21)22)14(12)18(19)20/h2-4,11H,5-10H2,1H3,(H2,16,21,22). The van der Waals surface area contributed by atoms with E-state index in [1.54, 1.807) is 6.07 Å². The Morgan fingerprint density at radius 1 is 1.39 bits per heavy atom. The van der Waals surface area contributed by atoms with E-state index in [0.29, 0.717) is 18.2 Å². The van der Waals surface area contributed by atoms with Crippen molar-refractivity contribution in [3.63, 3.8) is 0 Å². The molecule has 1 aliphatic carbocycles. The summed E-state index contributed by atoms with van der Waals surface area (Å²) in [4.78, 5) is 12.4. The van der Waals surface area contributed by atoms with Crippen molar-refractivity contribution in [2.24, 2.45) is 16.5 Å². The molecule has 1 saturated carbocycles. The van der Waals surface area contributed by atoms with Gasteiger partial charge in [-0.3, -0.25) is 10.1 Å². The minimum Gasteiger partial charge on any atom is -0.365 e. The monoisotopic (exact) mass is 339 g/mol. The van der Waals surface area contributed by atoms with E-state index in [1.165, 1.54) is 18.6 Å². The molecule has 126 valence electrons. The second kappa shape index (κ2) is 5.45. The first-order valence-electron chi connectivity index (χ1n) is 7.77. The van der Waals surface area contributed by atoms with Crippen LogP contribution >= 0.6 is 0 Å². The zero-order valence-electron chi connectivity index (χ0n) is 13.1. The molecular weight excluding hydrogens is 318 g/mol. The van der Waals surface area contributed by atoms with E-state index in [1.807, 2.05) is 4.90 Å². The Kier molecular flexibility index (Phi) is 3.84. The van der Waals surface area contributed by atoms with Crippen molar-refractivity contribution in [2.75, 3.05) is 18.0 Å². The Labute approximate surface area is 135 Å². The lowest BCUT2D eigenvalue weighted by Gasteiger charge is -2.25. The zero-order valence-corrected chi connectivity index (χ0v) is 13.9. The fourth-order valence-electron chi connectivity index (χ4n) is 4.19. The first-order chi connectivity index (χ1) is 10.7. The molecule has 0 radical (unpaired) electrons. The summed E-state index contributed by atoms with van der Waals surface area (Å²) >= 11 is 0. The summed E-state index contributed by atoms with van der Waals surface area (Å²) < 4.78 is 23.3. The zero-order chi connectivity index (χ0) is 16.8. The number of nitro benzene ring substituents is 1. The minimum atomic E-state index is -4.14. The molecule has 7 nitrogen and oxygen atoms in total. The lowest BCUT2D eigenvalue weighted by Crippen LogP contribution is -2.26. The van der Waals surface area contributed by atoms with Gasteiger partial charge in [-0.1, -0.05) is 19.4 Å². The number of anilines is 1. The predicted octanol–water partition coefficient (Wildman–Crippen LogP) is 2.26. The van der Waals surface area contributed by atoms with Crippen LogP contribution in [0.25, 0.3) is 0 Å². The van der Waals surface area contributed by atoms with Gasteiger partial charge in [0.1, 0.15) is 5.69 Å². The normalized spacial score (nSPS) is 27.7. The van der Waals surface area contributed by atoms with Gasteiger partial charge in [-0.2, -0.15) is 0 Å². The first kappa shape index (κ1) is 16.2. The van der Waals surface area contributed by atoms with Crippen molar-refractivity contribution >= 4 is 21.4 Å². The molecule has 3 rings (SSSR count). The molecule has 2 fully saturated rings. The molecule has 2 N–H and O–H groups in total. The van der Waals surface area contributed by atoms with Crippen molar-refractivity contribution in [2.45, 2.75) is 37.5 Å². The number of rotatable bonds is 3. The maximum Gasteiger partial charge on any atom is 0.312 e. The molecule has 2 unspecified atom stereocenters. The highest BCUT2D eigenvalue weighted by Crippen LogP contribution is 2.50. The fraction of sp³-hybridized carbons (Fsp3) is 0.600. The Morgan fingerprint density at radius 3 is 2.70 bits per heavy atom. The van der Waals surface area contributed by atoms with Gasteiger partial charge >= 0.3 is 5.69 Å². The van der Waals surface area contributed by atoms with E-state index in [0.717, 1.165) is 25.8 Å². The van der Waals surface area contributed by atoms with Crippen molar-refractivity contribution in [3.05, 3.63) is 28.3 Å². The molecule has 2 atom stereocenters. The van der Waals surface area contributed by atoms with Gasteiger partial charge in [0.15, 0.2) is 4.90 Å². The predicted molar refractivity (Wildman–Crippen MR) is 86.7 cm³/mol. The average molecular weight is 339 g/mol. The van der Waals surface area contributed by atoms with Crippen molar-refractivity contribution in [3.8, 4) is 0 Å². The Bertz CT molecular complexity index is 749. The number of primary sulfonamides is 1. The molecule has 1 heterocycles. The van der Waals surface area contributed by atoms with Crippen LogP contribution in [0.2, 0.25) is 0 Å². The van der Waals surface area contributed by atoms with Crippen molar-refractivity contribution < 1.29 is 13.3 Å². The third kappa shape index (κ3) is 2.92. The number of nitro groups is 1. The van der Waals surface area contributed by atoms with Crippen LogP contribution in [0.5, 0.6) is 0 Å². The number of nitrogens with zero attached hydrogens (tertiary/aromatic N) is 2. The Hall–Kier alpha value is -1.67. The topological polar surface area (TPSA) is 107 Å². The maximum absolute atomic E-state index is 11.7. The molecule has 2 aliphatic rings.